The summed E-state index contributed by atoms with van der Waals surface area (Å²) < 4.78 is 0. The lowest BCUT2D eigenvalue weighted by atomic mass is 9.96. The summed E-state index contributed by atoms with van der Waals surface area (Å²) in [6, 6.07) is 12.7. The highest BCUT2D eigenvalue weighted by molar-refractivity contribution is 14.0. The van der Waals surface area contributed by atoms with E-state index in [-0.39, 0.29) is 24.0 Å². The molecule has 0 bridgehead atoms. The number of guanidine groups is 1. The first-order valence-electron chi connectivity index (χ1n) is 9.34. The SMILES string of the molecule is CCNC(=NCC(C)(O)c1ccsc1)NCC1(Cc2ccccc2)CC1.I. The average Bonchev–Trinajstić information content (AvgIpc) is 3.16. The van der Waals surface area contributed by atoms with Gasteiger partial charge in [0.15, 0.2) is 5.96 Å². The molecule has 4 nitrogen and oxygen atoms in total. The van der Waals surface area contributed by atoms with Gasteiger partial charge in [-0.15, -0.1) is 24.0 Å². The Labute approximate surface area is 183 Å². The Hall–Kier alpha value is -1.12. The summed E-state index contributed by atoms with van der Waals surface area (Å²) in [6.45, 7) is 5.93. The Morgan fingerprint density at radius 2 is 1.96 bits per heavy atom. The molecule has 1 aromatic heterocycles. The van der Waals surface area contributed by atoms with E-state index in [9.17, 15) is 5.11 Å². The van der Waals surface area contributed by atoms with Gasteiger partial charge in [0.05, 0.1) is 6.54 Å². The Kier molecular flexibility index (Phi) is 8.12. The fourth-order valence-electron chi connectivity index (χ4n) is 3.13. The van der Waals surface area contributed by atoms with Crippen LogP contribution in [0.2, 0.25) is 0 Å². The molecule has 0 radical (unpaired) electrons. The Morgan fingerprint density at radius 1 is 1.22 bits per heavy atom. The predicted molar refractivity (Wildman–Crippen MR) is 125 cm³/mol. The second-order valence-corrected chi connectivity index (χ2v) is 8.28. The highest BCUT2D eigenvalue weighted by Gasteiger charge is 2.42. The summed E-state index contributed by atoms with van der Waals surface area (Å²) in [7, 11) is 0. The van der Waals surface area contributed by atoms with E-state index in [1.54, 1.807) is 11.3 Å². The summed E-state index contributed by atoms with van der Waals surface area (Å²) in [6.07, 6.45) is 3.61. The highest BCUT2D eigenvalue weighted by atomic mass is 127. The maximum Gasteiger partial charge on any atom is 0.191 e. The van der Waals surface area contributed by atoms with Crippen LogP contribution < -0.4 is 10.6 Å². The van der Waals surface area contributed by atoms with Crippen LogP contribution >= 0.6 is 35.3 Å². The molecule has 1 heterocycles. The van der Waals surface area contributed by atoms with E-state index in [0.717, 1.165) is 31.0 Å². The largest absolute Gasteiger partial charge is 0.383 e. The molecule has 0 spiro atoms. The first kappa shape index (κ1) is 22.2. The molecular weight excluding hydrogens is 469 g/mol. The number of nitrogens with zero attached hydrogens (tertiary/aromatic N) is 1. The van der Waals surface area contributed by atoms with Crippen molar-refractivity contribution in [3.05, 3.63) is 58.3 Å². The Morgan fingerprint density at radius 3 is 2.56 bits per heavy atom. The smallest absolute Gasteiger partial charge is 0.191 e. The van der Waals surface area contributed by atoms with Crippen LogP contribution in [0.3, 0.4) is 0 Å². The first-order valence-corrected chi connectivity index (χ1v) is 10.3. The van der Waals surface area contributed by atoms with Gasteiger partial charge in [-0.3, -0.25) is 0 Å². The molecule has 6 heteroatoms. The summed E-state index contributed by atoms with van der Waals surface area (Å²) in [5.74, 6) is 0.780. The van der Waals surface area contributed by atoms with E-state index in [1.807, 2.05) is 23.8 Å². The van der Waals surface area contributed by atoms with Crippen LogP contribution in [0.25, 0.3) is 0 Å². The zero-order valence-electron chi connectivity index (χ0n) is 16.1. The fourth-order valence-corrected chi connectivity index (χ4v) is 3.91. The van der Waals surface area contributed by atoms with Gasteiger partial charge in [0.2, 0.25) is 0 Å². The first-order chi connectivity index (χ1) is 12.5. The standard InChI is InChI=1S/C21H29N3OS.HI/c1-3-22-19(23-15-20(2,25)18-9-12-26-14-18)24-16-21(10-11-21)13-17-7-5-4-6-8-17;/h4-9,12,14,25H,3,10-11,13,15-16H2,1-2H3,(H2,22,23,24);1H. The highest BCUT2D eigenvalue weighted by Crippen LogP contribution is 2.47. The lowest BCUT2D eigenvalue weighted by Gasteiger charge is -2.22. The summed E-state index contributed by atoms with van der Waals surface area (Å²) in [5.41, 5.74) is 1.72. The van der Waals surface area contributed by atoms with Gasteiger partial charge in [0, 0.05) is 13.1 Å². The van der Waals surface area contributed by atoms with Crippen molar-refractivity contribution in [2.24, 2.45) is 10.4 Å². The van der Waals surface area contributed by atoms with E-state index >= 15 is 0 Å². The number of rotatable bonds is 8. The van der Waals surface area contributed by atoms with Crippen molar-refractivity contribution in [3.63, 3.8) is 0 Å². The van der Waals surface area contributed by atoms with Crippen LogP contribution in [0.15, 0.2) is 52.2 Å². The third kappa shape index (κ3) is 6.47. The minimum absolute atomic E-state index is 0. The van der Waals surface area contributed by atoms with Gasteiger partial charge in [0.1, 0.15) is 5.60 Å². The molecule has 2 aromatic rings. The minimum Gasteiger partial charge on any atom is -0.383 e. The molecule has 1 fully saturated rings. The molecule has 148 valence electrons. The molecule has 1 aliphatic rings. The normalized spacial score (nSPS) is 17.5. The zero-order chi connectivity index (χ0) is 18.5. The van der Waals surface area contributed by atoms with Crippen molar-refractivity contribution in [1.29, 1.82) is 0 Å². The molecule has 0 aliphatic heterocycles. The van der Waals surface area contributed by atoms with Crippen molar-refractivity contribution in [1.82, 2.24) is 10.6 Å². The lowest BCUT2D eigenvalue weighted by Crippen LogP contribution is -2.41. The van der Waals surface area contributed by atoms with Gasteiger partial charge < -0.3 is 15.7 Å². The molecule has 0 amide bonds. The van der Waals surface area contributed by atoms with Crippen molar-refractivity contribution >= 4 is 41.3 Å². The number of hydrogen-bond donors (Lipinski definition) is 3. The van der Waals surface area contributed by atoms with E-state index < -0.39 is 5.60 Å². The van der Waals surface area contributed by atoms with Crippen LogP contribution in [0.5, 0.6) is 0 Å². The molecule has 0 saturated heterocycles. The third-order valence-corrected chi connectivity index (χ3v) is 5.73. The molecule has 1 aromatic carbocycles. The number of benzene rings is 1. The number of nitrogens with one attached hydrogen (secondary N) is 2. The molecule has 1 aliphatic carbocycles. The zero-order valence-corrected chi connectivity index (χ0v) is 19.2. The fraction of sp³-hybridized carbons (Fsp3) is 0.476. The van der Waals surface area contributed by atoms with Gasteiger partial charge in [-0.2, -0.15) is 11.3 Å². The van der Waals surface area contributed by atoms with E-state index in [1.165, 1.54) is 18.4 Å². The minimum atomic E-state index is -0.941. The summed E-state index contributed by atoms with van der Waals surface area (Å²) in [5, 5.41) is 21.4. The maximum atomic E-state index is 10.7. The van der Waals surface area contributed by atoms with Gasteiger partial charge in [-0.05, 0) is 66.5 Å². The van der Waals surface area contributed by atoms with Crippen LogP contribution in [0.4, 0.5) is 0 Å². The molecular formula is C21H30IN3OS. The Balaban J connectivity index is 0.00000261. The number of aliphatic hydroxyl groups is 1. The number of aliphatic imine (C=N–C) groups is 1. The summed E-state index contributed by atoms with van der Waals surface area (Å²) >= 11 is 1.59. The number of hydrogen-bond acceptors (Lipinski definition) is 3. The molecule has 1 saturated carbocycles. The van der Waals surface area contributed by atoms with Gasteiger partial charge in [-0.1, -0.05) is 30.3 Å². The number of halogens is 1. The molecule has 1 unspecified atom stereocenters. The Bertz CT molecular complexity index is 712. The van der Waals surface area contributed by atoms with Crippen molar-refractivity contribution in [2.75, 3.05) is 19.6 Å². The van der Waals surface area contributed by atoms with Crippen LogP contribution in [0, 0.1) is 5.41 Å². The maximum absolute atomic E-state index is 10.7. The monoisotopic (exact) mass is 499 g/mol. The second kappa shape index (κ2) is 9.89. The third-order valence-electron chi connectivity index (χ3n) is 5.04. The van der Waals surface area contributed by atoms with Crippen molar-refractivity contribution < 1.29 is 5.11 Å². The quantitative estimate of drug-likeness (QED) is 0.291. The summed E-state index contributed by atoms with van der Waals surface area (Å²) in [4.78, 5) is 4.63. The topological polar surface area (TPSA) is 56.7 Å². The van der Waals surface area contributed by atoms with Crippen LogP contribution in [-0.2, 0) is 12.0 Å². The van der Waals surface area contributed by atoms with Gasteiger partial charge in [-0.25, -0.2) is 4.99 Å². The van der Waals surface area contributed by atoms with Crippen LogP contribution in [0.1, 0.15) is 37.8 Å². The predicted octanol–water partition coefficient (Wildman–Crippen LogP) is 4.15. The second-order valence-electron chi connectivity index (χ2n) is 7.50. The lowest BCUT2D eigenvalue weighted by molar-refractivity contribution is 0.0677. The van der Waals surface area contributed by atoms with E-state index in [4.69, 9.17) is 0 Å². The van der Waals surface area contributed by atoms with Gasteiger partial charge >= 0.3 is 0 Å². The average molecular weight is 499 g/mol. The number of thiophene rings is 1. The van der Waals surface area contributed by atoms with E-state index in [0.29, 0.717) is 12.0 Å². The van der Waals surface area contributed by atoms with E-state index in [2.05, 4.69) is 52.9 Å². The van der Waals surface area contributed by atoms with Gasteiger partial charge in [0.25, 0.3) is 0 Å². The molecule has 27 heavy (non-hydrogen) atoms. The molecule has 3 rings (SSSR count). The van der Waals surface area contributed by atoms with Crippen LogP contribution in [-0.4, -0.2) is 30.7 Å². The molecule has 1 atom stereocenters. The molecule has 3 N–H and O–H groups in total. The van der Waals surface area contributed by atoms with Crippen molar-refractivity contribution in [2.45, 2.75) is 38.7 Å². The van der Waals surface area contributed by atoms with Crippen molar-refractivity contribution in [3.8, 4) is 0 Å².